The Kier molecular flexibility index (Phi) is 6.32. The van der Waals surface area contributed by atoms with Crippen LogP contribution in [-0.2, 0) is 22.1 Å². The number of nitrogens with zero attached hydrogens (tertiary/aromatic N) is 3. The molecule has 0 fully saturated rings. The smallest absolute Gasteiger partial charge is 0.155 e. The van der Waals surface area contributed by atoms with Gasteiger partial charge in [-0.05, 0) is 6.42 Å². The molecule has 0 N–H and O–H groups in total. The topological polar surface area (TPSA) is 64.8 Å². The lowest BCUT2D eigenvalue weighted by atomic mass is 10.1. The number of sulfone groups is 1. The molecular formula is C12H23N3O2S. The molecule has 0 aliphatic heterocycles. The van der Waals surface area contributed by atoms with Crippen LogP contribution in [0, 0.1) is 0 Å². The lowest BCUT2D eigenvalue weighted by molar-refractivity contribution is 0.521. The summed E-state index contributed by atoms with van der Waals surface area (Å²) in [6.45, 7) is 4.66. The van der Waals surface area contributed by atoms with Crippen LogP contribution in [0.15, 0.2) is 6.20 Å². The Bertz CT molecular complexity index is 440. The summed E-state index contributed by atoms with van der Waals surface area (Å²) in [4.78, 5) is 0. The number of aromatic nitrogens is 3. The highest BCUT2D eigenvalue weighted by Gasteiger charge is 2.11. The Hall–Kier alpha value is -0.910. The minimum absolute atomic E-state index is 0.000660. The van der Waals surface area contributed by atoms with Crippen LogP contribution in [0.2, 0.25) is 0 Å². The molecule has 1 rings (SSSR count). The van der Waals surface area contributed by atoms with Gasteiger partial charge in [-0.3, -0.25) is 4.68 Å². The van der Waals surface area contributed by atoms with E-state index in [1.54, 1.807) is 17.8 Å². The molecule has 0 unspecified atom stereocenters. The van der Waals surface area contributed by atoms with E-state index in [9.17, 15) is 8.42 Å². The summed E-state index contributed by atoms with van der Waals surface area (Å²) in [6.07, 6.45) is 7.77. The molecule has 5 nitrogen and oxygen atoms in total. The Morgan fingerprint density at radius 1 is 1.17 bits per heavy atom. The third-order valence-electron chi connectivity index (χ3n) is 2.88. The van der Waals surface area contributed by atoms with Gasteiger partial charge in [0, 0.05) is 18.5 Å². The fraction of sp³-hybridized carbons (Fsp3) is 0.833. The molecule has 104 valence electrons. The Labute approximate surface area is 110 Å². The van der Waals surface area contributed by atoms with Gasteiger partial charge in [0.2, 0.25) is 0 Å². The zero-order chi connectivity index (χ0) is 13.4. The van der Waals surface area contributed by atoms with Crippen molar-refractivity contribution in [3.63, 3.8) is 0 Å². The van der Waals surface area contributed by atoms with Crippen LogP contribution < -0.4 is 0 Å². The highest BCUT2D eigenvalue weighted by Crippen LogP contribution is 2.06. The number of hydrogen-bond acceptors (Lipinski definition) is 4. The van der Waals surface area contributed by atoms with Crippen molar-refractivity contribution in [1.29, 1.82) is 0 Å². The molecule has 6 heteroatoms. The summed E-state index contributed by atoms with van der Waals surface area (Å²) in [5.74, 6) is 0.149. The highest BCUT2D eigenvalue weighted by atomic mass is 32.2. The second-order valence-corrected chi connectivity index (χ2v) is 6.92. The molecule has 0 aliphatic rings. The lowest BCUT2D eigenvalue weighted by Gasteiger charge is -2.00. The third kappa shape index (κ3) is 5.62. The van der Waals surface area contributed by atoms with Crippen LogP contribution in [0.5, 0.6) is 0 Å². The molecular weight excluding hydrogens is 250 g/mol. The maximum absolute atomic E-state index is 11.4. The van der Waals surface area contributed by atoms with Crippen molar-refractivity contribution in [2.75, 3.05) is 5.75 Å². The van der Waals surface area contributed by atoms with Gasteiger partial charge in [0.25, 0.3) is 0 Å². The number of aryl methyl sites for hydroxylation is 1. The van der Waals surface area contributed by atoms with E-state index in [2.05, 4.69) is 17.2 Å². The predicted molar refractivity (Wildman–Crippen MR) is 71.9 cm³/mol. The molecule has 0 saturated carbocycles. The van der Waals surface area contributed by atoms with E-state index in [4.69, 9.17) is 0 Å². The minimum atomic E-state index is -3.01. The Balaban J connectivity index is 2.35. The maximum atomic E-state index is 11.4. The van der Waals surface area contributed by atoms with E-state index in [0.717, 1.165) is 13.0 Å². The SMILES string of the molecule is CCCCCCCn1cc(CS(=O)(=O)CC)nn1. The van der Waals surface area contributed by atoms with Gasteiger partial charge in [-0.15, -0.1) is 5.10 Å². The first kappa shape index (κ1) is 15.1. The molecule has 1 heterocycles. The second kappa shape index (κ2) is 7.51. The summed E-state index contributed by atoms with van der Waals surface area (Å²) < 4.78 is 24.6. The van der Waals surface area contributed by atoms with E-state index in [1.165, 1.54) is 25.7 Å². The van der Waals surface area contributed by atoms with Gasteiger partial charge in [0.1, 0.15) is 0 Å². The van der Waals surface area contributed by atoms with Crippen molar-refractivity contribution in [3.05, 3.63) is 11.9 Å². The van der Waals surface area contributed by atoms with E-state index < -0.39 is 9.84 Å². The zero-order valence-electron chi connectivity index (χ0n) is 11.3. The van der Waals surface area contributed by atoms with E-state index in [0.29, 0.717) is 5.69 Å². The fourth-order valence-corrected chi connectivity index (χ4v) is 2.51. The summed E-state index contributed by atoms with van der Waals surface area (Å²) in [7, 11) is -3.01. The van der Waals surface area contributed by atoms with E-state index in [1.807, 2.05) is 0 Å². The van der Waals surface area contributed by atoms with E-state index >= 15 is 0 Å². The molecule has 0 saturated heterocycles. The van der Waals surface area contributed by atoms with Crippen LogP contribution in [0.25, 0.3) is 0 Å². The van der Waals surface area contributed by atoms with Crippen molar-refractivity contribution in [2.45, 2.75) is 58.2 Å². The maximum Gasteiger partial charge on any atom is 0.155 e. The quantitative estimate of drug-likeness (QED) is 0.647. The van der Waals surface area contributed by atoms with Gasteiger partial charge in [0.05, 0.1) is 11.4 Å². The molecule has 0 amide bonds. The number of hydrogen-bond donors (Lipinski definition) is 0. The normalized spacial score (nSPS) is 11.9. The van der Waals surface area contributed by atoms with Crippen molar-refractivity contribution in [2.24, 2.45) is 0 Å². The summed E-state index contributed by atoms with van der Waals surface area (Å²) in [6, 6.07) is 0. The van der Waals surface area contributed by atoms with Gasteiger partial charge in [-0.1, -0.05) is 44.7 Å². The molecule has 0 aromatic carbocycles. The monoisotopic (exact) mass is 273 g/mol. The summed E-state index contributed by atoms with van der Waals surface area (Å²) in [5.41, 5.74) is 0.547. The van der Waals surface area contributed by atoms with Gasteiger partial charge >= 0.3 is 0 Å². The largest absolute Gasteiger partial charge is 0.252 e. The summed E-state index contributed by atoms with van der Waals surface area (Å²) in [5, 5.41) is 7.85. The van der Waals surface area contributed by atoms with Crippen LogP contribution in [0.3, 0.4) is 0 Å². The standard InChI is InChI=1S/C12H23N3O2S/c1-3-5-6-7-8-9-15-10-12(13-14-15)11-18(16,17)4-2/h10H,3-9,11H2,1-2H3. The second-order valence-electron chi connectivity index (χ2n) is 4.56. The first-order chi connectivity index (χ1) is 8.57. The predicted octanol–water partition coefficient (Wildman–Crippen LogP) is 2.18. The van der Waals surface area contributed by atoms with Crippen LogP contribution in [0.4, 0.5) is 0 Å². The number of rotatable bonds is 9. The molecule has 0 radical (unpaired) electrons. The highest BCUT2D eigenvalue weighted by molar-refractivity contribution is 7.90. The Morgan fingerprint density at radius 3 is 2.56 bits per heavy atom. The van der Waals surface area contributed by atoms with Crippen molar-refractivity contribution >= 4 is 9.84 Å². The zero-order valence-corrected chi connectivity index (χ0v) is 12.1. The Morgan fingerprint density at radius 2 is 1.89 bits per heavy atom. The first-order valence-electron chi connectivity index (χ1n) is 6.67. The van der Waals surface area contributed by atoms with Crippen molar-refractivity contribution < 1.29 is 8.42 Å². The van der Waals surface area contributed by atoms with E-state index in [-0.39, 0.29) is 11.5 Å². The molecule has 0 atom stereocenters. The van der Waals surface area contributed by atoms with Gasteiger partial charge in [0.15, 0.2) is 9.84 Å². The van der Waals surface area contributed by atoms with Crippen molar-refractivity contribution in [1.82, 2.24) is 15.0 Å². The molecule has 18 heavy (non-hydrogen) atoms. The van der Waals surface area contributed by atoms with Crippen molar-refractivity contribution in [3.8, 4) is 0 Å². The average molecular weight is 273 g/mol. The van der Waals surface area contributed by atoms with Crippen LogP contribution in [-0.4, -0.2) is 29.2 Å². The minimum Gasteiger partial charge on any atom is -0.252 e. The third-order valence-corrected chi connectivity index (χ3v) is 4.50. The number of unbranched alkanes of at least 4 members (excludes halogenated alkanes) is 4. The lowest BCUT2D eigenvalue weighted by Crippen LogP contribution is -2.06. The van der Waals surface area contributed by atoms with Gasteiger partial charge in [-0.25, -0.2) is 8.42 Å². The van der Waals surface area contributed by atoms with Gasteiger partial charge in [-0.2, -0.15) is 0 Å². The molecule has 0 aliphatic carbocycles. The molecule has 0 bridgehead atoms. The molecule has 1 aromatic rings. The first-order valence-corrected chi connectivity index (χ1v) is 8.49. The molecule has 1 aromatic heterocycles. The summed E-state index contributed by atoms with van der Waals surface area (Å²) >= 11 is 0. The average Bonchev–Trinajstić information content (AvgIpc) is 2.76. The van der Waals surface area contributed by atoms with Crippen LogP contribution >= 0.6 is 0 Å². The fourth-order valence-electron chi connectivity index (χ4n) is 1.72. The van der Waals surface area contributed by atoms with Gasteiger partial charge < -0.3 is 0 Å². The molecule has 0 spiro atoms. The van der Waals surface area contributed by atoms with Crippen LogP contribution in [0.1, 0.15) is 51.6 Å².